The van der Waals surface area contributed by atoms with Crippen LogP contribution in [0.2, 0.25) is 0 Å². The van der Waals surface area contributed by atoms with E-state index in [1.807, 2.05) is 47.4 Å². The van der Waals surface area contributed by atoms with E-state index < -0.39 is 0 Å². The van der Waals surface area contributed by atoms with E-state index in [9.17, 15) is 4.79 Å². The zero-order chi connectivity index (χ0) is 21.6. The number of para-hydroxylation sites is 1. The van der Waals surface area contributed by atoms with Crippen molar-refractivity contribution in [3.8, 4) is 5.75 Å². The summed E-state index contributed by atoms with van der Waals surface area (Å²) in [5.41, 5.74) is 2.59. The maximum absolute atomic E-state index is 13.4. The number of carbonyl (C=O) groups excluding carboxylic acids is 1. The van der Waals surface area contributed by atoms with Crippen LogP contribution in [-0.4, -0.2) is 61.7 Å². The number of halogens is 1. The highest BCUT2D eigenvalue weighted by atomic mass is 79.9. The van der Waals surface area contributed by atoms with Crippen molar-refractivity contribution >= 4 is 27.5 Å². The van der Waals surface area contributed by atoms with Crippen LogP contribution in [-0.2, 0) is 4.74 Å². The summed E-state index contributed by atoms with van der Waals surface area (Å²) in [6.07, 6.45) is 2.39. The van der Waals surface area contributed by atoms with Crippen LogP contribution < -0.4 is 10.1 Å². The third kappa shape index (κ3) is 5.11. The largest absolute Gasteiger partial charge is 0.488 e. The van der Waals surface area contributed by atoms with E-state index >= 15 is 0 Å². The average Bonchev–Trinajstić information content (AvgIpc) is 2.80. The number of ether oxygens (including phenoxy) is 2. The van der Waals surface area contributed by atoms with Crippen LogP contribution in [0, 0.1) is 0 Å². The lowest BCUT2D eigenvalue weighted by atomic mass is 10.0. The first-order valence-electron chi connectivity index (χ1n) is 10.7. The predicted molar refractivity (Wildman–Crippen MR) is 126 cm³/mol. The number of fused-ring (bicyclic) bond motifs is 1. The second-order valence-electron chi connectivity index (χ2n) is 7.69. The Bertz CT molecular complexity index is 930. The van der Waals surface area contributed by atoms with E-state index in [0.29, 0.717) is 13.2 Å². The van der Waals surface area contributed by atoms with E-state index in [4.69, 9.17) is 9.47 Å². The van der Waals surface area contributed by atoms with Gasteiger partial charge >= 0.3 is 0 Å². The van der Waals surface area contributed by atoms with E-state index in [0.717, 1.165) is 66.3 Å². The number of nitrogens with one attached hydrogen (secondary N) is 1. The molecule has 2 heterocycles. The van der Waals surface area contributed by atoms with Crippen molar-refractivity contribution in [1.29, 1.82) is 0 Å². The van der Waals surface area contributed by atoms with Gasteiger partial charge in [0, 0.05) is 31.9 Å². The predicted octanol–water partition coefficient (Wildman–Crippen LogP) is 4.30. The van der Waals surface area contributed by atoms with Crippen molar-refractivity contribution in [2.75, 3.05) is 51.3 Å². The molecule has 2 aliphatic rings. The minimum Gasteiger partial charge on any atom is -0.488 e. The van der Waals surface area contributed by atoms with Gasteiger partial charge in [-0.15, -0.1) is 0 Å². The van der Waals surface area contributed by atoms with Gasteiger partial charge in [0.15, 0.2) is 0 Å². The summed E-state index contributed by atoms with van der Waals surface area (Å²) in [7, 11) is 0. The quantitative estimate of drug-likeness (QED) is 0.564. The van der Waals surface area contributed by atoms with Crippen molar-refractivity contribution < 1.29 is 14.3 Å². The van der Waals surface area contributed by atoms with Gasteiger partial charge in [0.05, 0.1) is 23.2 Å². The smallest absolute Gasteiger partial charge is 0.257 e. The summed E-state index contributed by atoms with van der Waals surface area (Å²) in [6, 6.07) is 13.7. The van der Waals surface area contributed by atoms with Crippen molar-refractivity contribution in [2.24, 2.45) is 0 Å². The first-order chi connectivity index (χ1) is 15.2. The molecule has 0 saturated carbocycles. The zero-order valence-electron chi connectivity index (χ0n) is 17.6. The topological polar surface area (TPSA) is 54.0 Å². The average molecular weight is 486 g/mol. The lowest BCUT2D eigenvalue weighted by Crippen LogP contribution is -2.44. The fourth-order valence-corrected chi connectivity index (χ4v) is 4.54. The minimum absolute atomic E-state index is 0.0597. The minimum atomic E-state index is -0.239. The number of hydrogen-bond acceptors (Lipinski definition) is 5. The Kier molecular flexibility index (Phi) is 7.27. The standard InChI is InChI=1S/C24H28BrN3O3/c1-2-14-31-22-9-8-18(17-20(22)25)23-26-21-7-4-3-6-19(21)24(29)28(23)11-5-10-27-12-15-30-16-13-27/h2-4,6-9,17,23,26H,1,5,10-16H2/t23-/m1/s1. The molecule has 2 aromatic rings. The van der Waals surface area contributed by atoms with Crippen LogP contribution in [0.5, 0.6) is 5.75 Å². The van der Waals surface area contributed by atoms with E-state index in [1.54, 1.807) is 6.08 Å². The summed E-state index contributed by atoms with van der Waals surface area (Å²) >= 11 is 3.61. The molecule has 164 valence electrons. The number of nitrogens with zero attached hydrogens (tertiary/aromatic N) is 2. The van der Waals surface area contributed by atoms with Gasteiger partial charge in [-0.05, 0) is 52.2 Å². The maximum atomic E-state index is 13.4. The highest BCUT2D eigenvalue weighted by Gasteiger charge is 2.32. The number of amides is 1. The molecular weight excluding hydrogens is 458 g/mol. The number of morpholine rings is 1. The molecule has 1 atom stereocenters. The molecule has 0 aromatic heterocycles. The number of benzene rings is 2. The number of rotatable bonds is 8. The van der Waals surface area contributed by atoms with Gasteiger partial charge in [-0.3, -0.25) is 9.69 Å². The highest BCUT2D eigenvalue weighted by molar-refractivity contribution is 9.10. The fraction of sp³-hybridized carbons (Fsp3) is 0.375. The first kappa shape index (κ1) is 21.9. The summed E-state index contributed by atoms with van der Waals surface area (Å²) in [4.78, 5) is 17.7. The molecule has 4 rings (SSSR count). The molecule has 1 N–H and O–H groups in total. The summed E-state index contributed by atoms with van der Waals surface area (Å²) in [5.74, 6) is 0.814. The Morgan fingerprint density at radius 2 is 2.00 bits per heavy atom. The first-order valence-corrected chi connectivity index (χ1v) is 11.5. The molecular formula is C24H28BrN3O3. The molecule has 1 amide bonds. The lowest BCUT2D eigenvalue weighted by molar-refractivity contribution is 0.0348. The van der Waals surface area contributed by atoms with Crippen molar-refractivity contribution in [1.82, 2.24) is 9.80 Å². The Balaban J connectivity index is 1.54. The van der Waals surface area contributed by atoms with Gasteiger partial charge in [0.1, 0.15) is 18.5 Å². The van der Waals surface area contributed by atoms with Gasteiger partial charge in [0.25, 0.3) is 5.91 Å². The molecule has 0 spiro atoms. The zero-order valence-corrected chi connectivity index (χ0v) is 19.1. The highest BCUT2D eigenvalue weighted by Crippen LogP contribution is 2.36. The Labute approximate surface area is 191 Å². The summed E-state index contributed by atoms with van der Waals surface area (Å²) in [5, 5.41) is 3.57. The molecule has 1 fully saturated rings. The Morgan fingerprint density at radius 1 is 1.19 bits per heavy atom. The summed E-state index contributed by atoms with van der Waals surface area (Å²) < 4.78 is 12.0. The molecule has 0 unspecified atom stereocenters. The monoisotopic (exact) mass is 485 g/mol. The van der Waals surface area contributed by atoms with E-state index in [1.165, 1.54) is 0 Å². The van der Waals surface area contributed by atoms with Crippen LogP contribution in [0.15, 0.2) is 59.6 Å². The summed E-state index contributed by atoms with van der Waals surface area (Å²) in [6.45, 7) is 9.25. The van der Waals surface area contributed by atoms with Gasteiger partial charge < -0.3 is 19.7 Å². The van der Waals surface area contributed by atoms with Crippen molar-refractivity contribution in [2.45, 2.75) is 12.6 Å². The number of anilines is 1. The van der Waals surface area contributed by atoms with E-state index in [-0.39, 0.29) is 12.1 Å². The number of carbonyl (C=O) groups is 1. The SMILES string of the molecule is C=CCOc1ccc([C@@H]2Nc3ccccc3C(=O)N2CCCN2CCOCC2)cc1Br. The third-order valence-electron chi connectivity index (χ3n) is 5.63. The normalized spacial score (nSPS) is 18.9. The third-order valence-corrected chi connectivity index (χ3v) is 6.25. The van der Waals surface area contributed by atoms with Crippen LogP contribution >= 0.6 is 15.9 Å². The van der Waals surface area contributed by atoms with Crippen molar-refractivity contribution in [3.05, 3.63) is 70.7 Å². The second-order valence-corrected chi connectivity index (χ2v) is 8.54. The van der Waals surface area contributed by atoms with Gasteiger partial charge in [-0.25, -0.2) is 0 Å². The van der Waals surface area contributed by atoms with E-state index in [2.05, 4.69) is 32.7 Å². The van der Waals surface area contributed by atoms with Gasteiger partial charge in [-0.2, -0.15) is 0 Å². The molecule has 7 heteroatoms. The molecule has 31 heavy (non-hydrogen) atoms. The number of hydrogen-bond donors (Lipinski definition) is 1. The second kappa shape index (κ2) is 10.3. The van der Waals surface area contributed by atoms with Crippen LogP contribution in [0.4, 0.5) is 5.69 Å². The molecule has 0 aliphatic carbocycles. The van der Waals surface area contributed by atoms with Gasteiger partial charge in [0.2, 0.25) is 0 Å². The van der Waals surface area contributed by atoms with Crippen LogP contribution in [0.1, 0.15) is 28.5 Å². The molecule has 2 aromatic carbocycles. The fourth-order valence-electron chi connectivity index (χ4n) is 4.03. The van der Waals surface area contributed by atoms with Crippen LogP contribution in [0.3, 0.4) is 0 Å². The molecule has 0 bridgehead atoms. The maximum Gasteiger partial charge on any atom is 0.257 e. The van der Waals surface area contributed by atoms with Crippen LogP contribution in [0.25, 0.3) is 0 Å². The van der Waals surface area contributed by atoms with Crippen molar-refractivity contribution in [3.63, 3.8) is 0 Å². The van der Waals surface area contributed by atoms with Gasteiger partial charge in [-0.1, -0.05) is 30.9 Å². The molecule has 2 aliphatic heterocycles. The Morgan fingerprint density at radius 3 is 2.77 bits per heavy atom. The molecule has 0 radical (unpaired) electrons. The lowest BCUT2D eigenvalue weighted by Gasteiger charge is -2.39. The molecule has 1 saturated heterocycles. The molecule has 6 nitrogen and oxygen atoms in total. The Hall–Kier alpha value is -2.35.